The van der Waals surface area contributed by atoms with E-state index in [1.807, 2.05) is 0 Å². The SMILES string of the molecule is O=Cc1ccccc1OCC(=O)NCCCN1CCCCCC1. The van der Waals surface area contributed by atoms with Gasteiger partial charge in [-0.1, -0.05) is 25.0 Å². The highest BCUT2D eigenvalue weighted by atomic mass is 16.5. The predicted molar refractivity (Wildman–Crippen MR) is 89.9 cm³/mol. The molecule has 5 nitrogen and oxygen atoms in total. The van der Waals surface area contributed by atoms with Gasteiger partial charge in [-0.15, -0.1) is 0 Å². The second kappa shape index (κ2) is 10.0. The number of amides is 1. The van der Waals surface area contributed by atoms with Crippen LogP contribution < -0.4 is 10.1 Å². The number of para-hydroxylation sites is 1. The first kappa shape index (κ1) is 17.5. The smallest absolute Gasteiger partial charge is 0.257 e. The van der Waals surface area contributed by atoms with Crippen LogP contribution in [0.3, 0.4) is 0 Å². The number of ether oxygens (including phenoxy) is 1. The molecule has 1 N–H and O–H groups in total. The Labute approximate surface area is 138 Å². The molecular formula is C18H26N2O3. The topological polar surface area (TPSA) is 58.6 Å². The van der Waals surface area contributed by atoms with Crippen molar-refractivity contribution in [2.24, 2.45) is 0 Å². The molecule has 126 valence electrons. The molecule has 1 heterocycles. The van der Waals surface area contributed by atoms with Crippen LogP contribution in [0.15, 0.2) is 24.3 Å². The molecule has 0 unspecified atom stereocenters. The molecule has 1 saturated heterocycles. The van der Waals surface area contributed by atoms with Crippen LogP contribution in [-0.2, 0) is 4.79 Å². The van der Waals surface area contributed by atoms with Gasteiger partial charge in [-0.2, -0.15) is 0 Å². The van der Waals surface area contributed by atoms with Crippen LogP contribution in [0.1, 0.15) is 42.5 Å². The number of hydrogen-bond acceptors (Lipinski definition) is 4. The maximum atomic E-state index is 11.8. The lowest BCUT2D eigenvalue weighted by molar-refractivity contribution is -0.123. The van der Waals surface area contributed by atoms with Gasteiger partial charge in [-0.05, 0) is 51.0 Å². The number of carbonyl (C=O) groups is 2. The molecule has 0 atom stereocenters. The molecule has 1 aromatic carbocycles. The highest BCUT2D eigenvalue weighted by Crippen LogP contribution is 2.15. The molecule has 0 aromatic heterocycles. The van der Waals surface area contributed by atoms with Gasteiger partial charge in [0.2, 0.25) is 0 Å². The molecule has 0 aliphatic carbocycles. The first-order valence-electron chi connectivity index (χ1n) is 8.45. The number of nitrogens with zero attached hydrogens (tertiary/aromatic N) is 1. The fraction of sp³-hybridized carbons (Fsp3) is 0.556. The molecule has 1 amide bonds. The van der Waals surface area contributed by atoms with Gasteiger partial charge in [0, 0.05) is 6.54 Å². The summed E-state index contributed by atoms with van der Waals surface area (Å²) in [6.45, 7) is 4.00. The summed E-state index contributed by atoms with van der Waals surface area (Å²) in [5.41, 5.74) is 0.460. The Balaban J connectivity index is 1.60. The number of likely N-dealkylation sites (tertiary alicyclic amines) is 1. The third-order valence-corrected chi connectivity index (χ3v) is 4.08. The second-order valence-corrected chi connectivity index (χ2v) is 5.90. The molecule has 1 aliphatic rings. The summed E-state index contributed by atoms with van der Waals surface area (Å²) in [7, 11) is 0. The zero-order valence-corrected chi connectivity index (χ0v) is 13.6. The monoisotopic (exact) mass is 318 g/mol. The van der Waals surface area contributed by atoms with Crippen molar-refractivity contribution in [2.45, 2.75) is 32.1 Å². The number of hydrogen-bond donors (Lipinski definition) is 1. The molecule has 0 spiro atoms. The Hall–Kier alpha value is -1.88. The van der Waals surface area contributed by atoms with Gasteiger partial charge in [-0.3, -0.25) is 9.59 Å². The van der Waals surface area contributed by atoms with Crippen molar-refractivity contribution < 1.29 is 14.3 Å². The number of benzene rings is 1. The van der Waals surface area contributed by atoms with Gasteiger partial charge < -0.3 is 15.0 Å². The van der Waals surface area contributed by atoms with Crippen molar-refractivity contribution >= 4 is 12.2 Å². The summed E-state index contributed by atoms with van der Waals surface area (Å²) in [5.74, 6) is 0.295. The molecule has 5 heteroatoms. The van der Waals surface area contributed by atoms with Gasteiger partial charge >= 0.3 is 0 Å². The fourth-order valence-electron chi connectivity index (χ4n) is 2.79. The normalized spacial score (nSPS) is 15.7. The summed E-state index contributed by atoms with van der Waals surface area (Å²) >= 11 is 0. The molecule has 2 rings (SSSR count). The van der Waals surface area contributed by atoms with Gasteiger partial charge in [0.15, 0.2) is 12.9 Å². The summed E-state index contributed by atoms with van der Waals surface area (Å²) in [5, 5.41) is 2.87. The average Bonchev–Trinajstić information content (AvgIpc) is 2.86. The highest BCUT2D eigenvalue weighted by Gasteiger charge is 2.09. The standard InChI is InChI=1S/C18H26N2O3/c21-14-16-8-3-4-9-17(16)23-15-18(22)19-10-7-13-20-11-5-1-2-6-12-20/h3-4,8-9,14H,1-2,5-7,10-13,15H2,(H,19,22). The van der Waals surface area contributed by atoms with E-state index in [0.29, 0.717) is 17.9 Å². The lowest BCUT2D eigenvalue weighted by atomic mass is 10.2. The van der Waals surface area contributed by atoms with Crippen LogP contribution in [-0.4, -0.2) is 49.9 Å². The number of rotatable bonds is 8. The lowest BCUT2D eigenvalue weighted by Crippen LogP contribution is -2.33. The van der Waals surface area contributed by atoms with E-state index < -0.39 is 0 Å². The predicted octanol–water partition coefficient (Wildman–Crippen LogP) is 2.26. The maximum Gasteiger partial charge on any atom is 0.257 e. The summed E-state index contributed by atoms with van der Waals surface area (Å²) in [6.07, 6.45) is 6.94. The van der Waals surface area contributed by atoms with Crippen molar-refractivity contribution in [1.82, 2.24) is 10.2 Å². The van der Waals surface area contributed by atoms with Gasteiger partial charge in [0.1, 0.15) is 5.75 Å². The first-order valence-corrected chi connectivity index (χ1v) is 8.45. The first-order chi connectivity index (χ1) is 11.3. The molecule has 1 aromatic rings. The van der Waals surface area contributed by atoms with Crippen molar-refractivity contribution in [2.75, 3.05) is 32.8 Å². The van der Waals surface area contributed by atoms with Crippen LogP contribution in [0.4, 0.5) is 0 Å². The molecule has 0 bridgehead atoms. The van der Waals surface area contributed by atoms with E-state index in [1.54, 1.807) is 24.3 Å². The lowest BCUT2D eigenvalue weighted by Gasteiger charge is -2.19. The Morgan fingerprint density at radius 3 is 2.65 bits per heavy atom. The zero-order chi connectivity index (χ0) is 16.3. The maximum absolute atomic E-state index is 11.8. The Morgan fingerprint density at radius 1 is 1.17 bits per heavy atom. The molecule has 0 radical (unpaired) electrons. The van der Waals surface area contributed by atoms with Crippen molar-refractivity contribution in [3.8, 4) is 5.75 Å². The minimum atomic E-state index is -0.151. The molecule has 1 fully saturated rings. The summed E-state index contributed by atoms with van der Waals surface area (Å²) < 4.78 is 5.40. The van der Waals surface area contributed by atoms with Crippen LogP contribution >= 0.6 is 0 Å². The fourth-order valence-corrected chi connectivity index (χ4v) is 2.79. The molecular weight excluding hydrogens is 292 g/mol. The van der Waals surface area contributed by atoms with Gasteiger partial charge in [0.25, 0.3) is 5.91 Å². The number of nitrogens with one attached hydrogen (secondary N) is 1. The average molecular weight is 318 g/mol. The van der Waals surface area contributed by atoms with E-state index in [9.17, 15) is 9.59 Å². The molecule has 0 saturated carbocycles. The Morgan fingerprint density at radius 2 is 1.91 bits per heavy atom. The minimum Gasteiger partial charge on any atom is -0.483 e. The minimum absolute atomic E-state index is 0.0609. The van der Waals surface area contributed by atoms with E-state index in [-0.39, 0.29) is 12.5 Å². The van der Waals surface area contributed by atoms with Crippen molar-refractivity contribution in [3.05, 3.63) is 29.8 Å². The van der Waals surface area contributed by atoms with Gasteiger partial charge in [0.05, 0.1) is 5.56 Å². The summed E-state index contributed by atoms with van der Waals surface area (Å²) in [4.78, 5) is 25.1. The number of aldehydes is 1. The van der Waals surface area contributed by atoms with E-state index in [4.69, 9.17) is 4.74 Å². The van der Waals surface area contributed by atoms with E-state index in [2.05, 4.69) is 10.2 Å². The van der Waals surface area contributed by atoms with E-state index in [1.165, 1.54) is 38.8 Å². The third-order valence-electron chi connectivity index (χ3n) is 4.08. The largest absolute Gasteiger partial charge is 0.483 e. The summed E-state index contributed by atoms with van der Waals surface area (Å²) in [6, 6.07) is 6.90. The number of carbonyl (C=O) groups excluding carboxylic acids is 2. The zero-order valence-electron chi connectivity index (χ0n) is 13.6. The van der Waals surface area contributed by atoms with E-state index in [0.717, 1.165) is 19.3 Å². The quantitative estimate of drug-likeness (QED) is 0.590. The van der Waals surface area contributed by atoms with Crippen LogP contribution in [0.5, 0.6) is 5.75 Å². The molecule has 23 heavy (non-hydrogen) atoms. The highest BCUT2D eigenvalue weighted by molar-refractivity contribution is 5.80. The van der Waals surface area contributed by atoms with Crippen molar-refractivity contribution in [1.29, 1.82) is 0 Å². The third kappa shape index (κ3) is 6.40. The van der Waals surface area contributed by atoms with E-state index >= 15 is 0 Å². The molecule has 1 aliphatic heterocycles. The Kier molecular flexibility index (Phi) is 7.60. The van der Waals surface area contributed by atoms with Crippen molar-refractivity contribution in [3.63, 3.8) is 0 Å². The Bertz CT molecular complexity index is 497. The van der Waals surface area contributed by atoms with Crippen LogP contribution in [0.25, 0.3) is 0 Å². The second-order valence-electron chi connectivity index (χ2n) is 5.90. The van der Waals surface area contributed by atoms with Gasteiger partial charge in [-0.25, -0.2) is 0 Å². The van der Waals surface area contributed by atoms with Crippen LogP contribution in [0.2, 0.25) is 0 Å². The van der Waals surface area contributed by atoms with Crippen LogP contribution in [0, 0.1) is 0 Å².